The van der Waals surface area contributed by atoms with Crippen LogP contribution >= 0.6 is 11.3 Å². The van der Waals surface area contributed by atoms with Crippen molar-refractivity contribution in [1.82, 2.24) is 4.98 Å². The quantitative estimate of drug-likeness (QED) is 0.372. The molecule has 0 saturated carbocycles. The molecule has 1 aromatic heterocycles. The third-order valence-electron chi connectivity index (χ3n) is 4.04. The molecule has 1 heterocycles. The number of amides is 1. The summed E-state index contributed by atoms with van der Waals surface area (Å²) in [5.41, 5.74) is 1.07. The van der Waals surface area contributed by atoms with Gasteiger partial charge in [0, 0.05) is 42.8 Å². The van der Waals surface area contributed by atoms with E-state index >= 15 is 0 Å². The van der Waals surface area contributed by atoms with E-state index in [9.17, 15) is 13.6 Å². The average Bonchev–Trinajstić information content (AvgIpc) is 3.25. The van der Waals surface area contributed by atoms with Crippen molar-refractivity contribution >= 4 is 34.5 Å². The number of carbonyl (C=O) groups is 1. The van der Waals surface area contributed by atoms with Crippen LogP contribution in [0.15, 0.2) is 48.0 Å². The topological polar surface area (TPSA) is 60.5 Å². The number of carbonyl (C=O) groups excluding carboxylic acids is 1. The molecule has 3 rings (SSSR count). The van der Waals surface area contributed by atoms with Crippen molar-refractivity contribution in [2.45, 2.75) is 6.42 Å². The van der Waals surface area contributed by atoms with Crippen molar-refractivity contribution in [3.05, 3.63) is 76.3 Å². The average molecular weight is 430 g/mol. The van der Waals surface area contributed by atoms with Crippen LogP contribution in [-0.2, 0) is 4.74 Å². The minimum atomic E-state index is -0.928. The Labute approximate surface area is 177 Å². The first-order valence-electron chi connectivity index (χ1n) is 9.16. The highest BCUT2D eigenvalue weighted by Gasteiger charge is 2.11. The lowest BCUT2D eigenvalue weighted by Gasteiger charge is -2.10. The largest absolute Gasteiger partial charge is 0.493 e. The van der Waals surface area contributed by atoms with Crippen LogP contribution in [0.1, 0.15) is 27.9 Å². The van der Waals surface area contributed by atoms with Gasteiger partial charge in [-0.2, -0.15) is 0 Å². The molecule has 30 heavy (non-hydrogen) atoms. The summed E-state index contributed by atoms with van der Waals surface area (Å²) in [6.07, 6.45) is 5.33. The van der Waals surface area contributed by atoms with E-state index < -0.39 is 11.6 Å². The van der Waals surface area contributed by atoms with Gasteiger partial charge in [0.2, 0.25) is 0 Å². The Bertz CT molecular complexity index is 1020. The Morgan fingerprint density at radius 3 is 2.83 bits per heavy atom. The first-order chi connectivity index (χ1) is 14.6. The van der Waals surface area contributed by atoms with Gasteiger partial charge in [-0.05, 0) is 29.8 Å². The van der Waals surface area contributed by atoms with E-state index in [0.717, 1.165) is 6.07 Å². The molecule has 5 nitrogen and oxygen atoms in total. The third-order valence-corrected chi connectivity index (χ3v) is 4.73. The molecule has 0 radical (unpaired) electrons. The molecule has 0 aliphatic carbocycles. The van der Waals surface area contributed by atoms with Crippen molar-refractivity contribution in [2.24, 2.45) is 0 Å². The molecule has 0 bridgehead atoms. The zero-order chi connectivity index (χ0) is 21.3. The smallest absolute Gasteiger partial charge is 0.257 e. The first-order valence-corrected chi connectivity index (χ1v) is 10.0. The maximum absolute atomic E-state index is 13.9. The summed E-state index contributed by atoms with van der Waals surface area (Å²) >= 11 is 1.30. The molecule has 0 saturated heterocycles. The Morgan fingerprint density at radius 2 is 2.07 bits per heavy atom. The van der Waals surface area contributed by atoms with E-state index in [2.05, 4.69) is 10.3 Å². The molecule has 1 amide bonds. The Hall–Kier alpha value is -3.10. The second-order valence-corrected chi connectivity index (χ2v) is 7.15. The van der Waals surface area contributed by atoms with Gasteiger partial charge in [0.1, 0.15) is 5.75 Å². The minimum Gasteiger partial charge on any atom is -0.493 e. The summed E-state index contributed by atoms with van der Waals surface area (Å²) in [6, 6.07) is 8.94. The first kappa shape index (κ1) is 21.6. The van der Waals surface area contributed by atoms with Crippen molar-refractivity contribution in [2.75, 3.05) is 25.6 Å². The fourth-order valence-corrected chi connectivity index (χ4v) is 3.14. The predicted octanol–water partition coefficient (Wildman–Crippen LogP) is 5.26. The fraction of sp³-hybridized carbons (Fsp3) is 0.182. The van der Waals surface area contributed by atoms with E-state index in [1.54, 1.807) is 43.0 Å². The zero-order valence-electron chi connectivity index (χ0n) is 16.2. The van der Waals surface area contributed by atoms with Crippen LogP contribution in [0.4, 0.5) is 13.9 Å². The highest BCUT2D eigenvalue weighted by atomic mass is 32.1. The molecule has 156 valence electrons. The van der Waals surface area contributed by atoms with Crippen molar-refractivity contribution in [1.29, 1.82) is 0 Å². The lowest BCUT2D eigenvalue weighted by atomic mass is 10.1. The van der Waals surface area contributed by atoms with Crippen LogP contribution in [0, 0.1) is 11.6 Å². The van der Waals surface area contributed by atoms with Gasteiger partial charge < -0.3 is 9.47 Å². The van der Waals surface area contributed by atoms with E-state index in [-0.39, 0.29) is 11.5 Å². The summed E-state index contributed by atoms with van der Waals surface area (Å²) in [4.78, 5) is 16.7. The number of hydrogen-bond donors (Lipinski definition) is 1. The number of nitrogens with one attached hydrogen (secondary N) is 1. The maximum atomic E-state index is 13.9. The van der Waals surface area contributed by atoms with E-state index in [4.69, 9.17) is 9.47 Å². The Kier molecular flexibility index (Phi) is 7.64. The second kappa shape index (κ2) is 10.6. The lowest BCUT2D eigenvalue weighted by molar-refractivity contribution is 0.102. The standard InChI is InChI=1S/C22H20F2N2O3S/c1-28-9-3-10-29-18-13-15(6-7-16-4-2-5-19(23)20(16)24)12-17(14-18)21(27)26-22-25-8-11-30-22/h2,4-8,11-14H,3,9-10H2,1H3,(H,25,26,27)/b7-6+. The Balaban J connectivity index is 1.85. The van der Waals surface area contributed by atoms with E-state index in [1.807, 2.05) is 0 Å². The molecule has 0 spiro atoms. The number of halogens is 2. The van der Waals surface area contributed by atoms with Gasteiger partial charge >= 0.3 is 0 Å². The van der Waals surface area contributed by atoms with Crippen molar-refractivity contribution in [3.63, 3.8) is 0 Å². The molecule has 3 aromatic rings. The van der Waals surface area contributed by atoms with Crippen LogP contribution in [-0.4, -0.2) is 31.2 Å². The lowest BCUT2D eigenvalue weighted by Crippen LogP contribution is -2.12. The number of ether oxygens (including phenoxy) is 2. The van der Waals surface area contributed by atoms with Gasteiger partial charge in [-0.15, -0.1) is 11.3 Å². The summed E-state index contributed by atoms with van der Waals surface area (Å²) in [6.45, 7) is 0.961. The van der Waals surface area contributed by atoms with Crippen LogP contribution in [0.2, 0.25) is 0 Å². The maximum Gasteiger partial charge on any atom is 0.257 e. The zero-order valence-corrected chi connectivity index (χ0v) is 17.0. The molecule has 0 aliphatic heterocycles. The Morgan fingerprint density at radius 1 is 1.20 bits per heavy atom. The number of benzene rings is 2. The highest BCUT2D eigenvalue weighted by Crippen LogP contribution is 2.22. The number of anilines is 1. The fourth-order valence-electron chi connectivity index (χ4n) is 2.62. The van der Waals surface area contributed by atoms with Gasteiger partial charge in [-0.1, -0.05) is 24.3 Å². The number of aromatic nitrogens is 1. The van der Waals surface area contributed by atoms with Crippen molar-refractivity contribution in [3.8, 4) is 5.75 Å². The van der Waals surface area contributed by atoms with Gasteiger partial charge in [0.05, 0.1) is 6.61 Å². The molecule has 0 unspecified atom stereocenters. The molecular formula is C22H20F2N2O3S. The number of thiazole rings is 1. The molecule has 0 aliphatic rings. The van der Waals surface area contributed by atoms with E-state index in [0.29, 0.717) is 41.6 Å². The second-order valence-electron chi connectivity index (χ2n) is 6.25. The minimum absolute atomic E-state index is 0.107. The molecule has 2 aromatic carbocycles. The van der Waals surface area contributed by atoms with Gasteiger partial charge in [-0.25, -0.2) is 13.8 Å². The normalized spacial score (nSPS) is 11.0. The summed E-state index contributed by atoms with van der Waals surface area (Å²) in [7, 11) is 1.61. The van der Waals surface area contributed by atoms with Crippen molar-refractivity contribution < 1.29 is 23.0 Å². The SMILES string of the molecule is COCCCOc1cc(/C=C/c2cccc(F)c2F)cc(C(=O)Nc2nccs2)c1. The molecule has 1 N–H and O–H groups in total. The number of rotatable bonds is 9. The van der Waals surface area contributed by atoms with Gasteiger partial charge in [0.15, 0.2) is 16.8 Å². The molecular weight excluding hydrogens is 410 g/mol. The highest BCUT2D eigenvalue weighted by molar-refractivity contribution is 7.13. The number of methoxy groups -OCH3 is 1. The predicted molar refractivity (Wildman–Crippen MR) is 114 cm³/mol. The molecule has 0 fully saturated rings. The van der Waals surface area contributed by atoms with Crippen LogP contribution in [0.3, 0.4) is 0 Å². The summed E-state index contributed by atoms with van der Waals surface area (Å²) in [5.74, 6) is -1.71. The summed E-state index contributed by atoms with van der Waals surface area (Å²) in [5, 5.41) is 4.95. The van der Waals surface area contributed by atoms with Crippen LogP contribution < -0.4 is 10.1 Å². The number of nitrogens with zero attached hydrogens (tertiary/aromatic N) is 1. The van der Waals surface area contributed by atoms with Crippen LogP contribution in [0.25, 0.3) is 12.2 Å². The monoisotopic (exact) mass is 430 g/mol. The summed E-state index contributed by atoms with van der Waals surface area (Å²) < 4.78 is 38.1. The third kappa shape index (κ3) is 5.95. The van der Waals surface area contributed by atoms with Gasteiger partial charge in [-0.3, -0.25) is 10.1 Å². The van der Waals surface area contributed by atoms with Gasteiger partial charge in [0.25, 0.3) is 5.91 Å². The number of hydrogen-bond acceptors (Lipinski definition) is 5. The van der Waals surface area contributed by atoms with Crippen LogP contribution in [0.5, 0.6) is 5.75 Å². The van der Waals surface area contributed by atoms with E-state index in [1.165, 1.54) is 29.5 Å². The molecule has 8 heteroatoms. The molecule has 0 atom stereocenters.